The quantitative estimate of drug-likeness (QED) is 0.743. The Hall–Kier alpha value is -0.370. The zero-order chi connectivity index (χ0) is 11.4. The number of aliphatic hydroxyl groups excluding tert-OH is 1. The van der Waals surface area contributed by atoms with Crippen molar-refractivity contribution in [3.63, 3.8) is 0 Å². The predicted octanol–water partition coefficient (Wildman–Crippen LogP) is 3.08. The van der Waals surface area contributed by atoms with Gasteiger partial charge in [-0.05, 0) is 19.3 Å². The molecule has 3 fully saturated rings. The summed E-state index contributed by atoms with van der Waals surface area (Å²) in [5.41, 5.74) is -0.316. The molecule has 1 unspecified atom stereocenters. The minimum atomic E-state index is -0.316. The summed E-state index contributed by atoms with van der Waals surface area (Å²) in [4.78, 5) is 12.1. The first-order chi connectivity index (χ1) is 7.78. The van der Waals surface area contributed by atoms with Gasteiger partial charge in [0.05, 0.1) is 12.0 Å². The second-order valence-corrected chi connectivity index (χ2v) is 5.72. The average molecular weight is 224 g/mol. The van der Waals surface area contributed by atoms with Crippen molar-refractivity contribution in [2.24, 2.45) is 11.3 Å². The third kappa shape index (κ3) is 2.32. The van der Waals surface area contributed by atoms with Gasteiger partial charge in [-0.2, -0.15) is 0 Å². The van der Waals surface area contributed by atoms with Crippen LogP contribution in [0.5, 0.6) is 0 Å². The van der Waals surface area contributed by atoms with Crippen LogP contribution in [-0.4, -0.2) is 17.5 Å². The normalized spacial score (nSPS) is 37.1. The molecule has 0 amide bonds. The second-order valence-electron chi connectivity index (χ2n) is 5.72. The maximum Gasteiger partial charge on any atom is 0.144 e. The largest absolute Gasteiger partial charge is 0.395 e. The molecule has 0 aromatic rings. The lowest BCUT2D eigenvalue weighted by Gasteiger charge is -2.45. The van der Waals surface area contributed by atoms with Crippen molar-refractivity contribution < 1.29 is 9.90 Å². The number of aliphatic hydroxyl groups is 1. The van der Waals surface area contributed by atoms with Crippen LogP contribution in [0.3, 0.4) is 0 Å². The Morgan fingerprint density at radius 3 is 2.31 bits per heavy atom. The molecule has 0 radical (unpaired) electrons. The number of carbonyl (C=O) groups excluding carboxylic acids is 1. The van der Waals surface area contributed by atoms with Crippen molar-refractivity contribution in [3.8, 4) is 0 Å². The van der Waals surface area contributed by atoms with Crippen LogP contribution < -0.4 is 0 Å². The number of carbonyl (C=O) groups is 1. The molecule has 0 aliphatic heterocycles. The van der Waals surface area contributed by atoms with Gasteiger partial charge in [0, 0.05) is 5.92 Å². The third-order valence-electron chi connectivity index (χ3n) is 4.54. The predicted molar refractivity (Wildman–Crippen MR) is 64.2 cm³/mol. The van der Waals surface area contributed by atoms with Gasteiger partial charge in [-0.3, -0.25) is 4.79 Å². The van der Waals surface area contributed by atoms with E-state index >= 15 is 0 Å². The summed E-state index contributed by atoms with van der Waals surface area (Å²) in [6.45, 7) is 0.0856. The van der Waals surface area contributed by atoms with Crippen LogP contribution >= 0.6 is 0 Å². The topological polar surface area (TPSA) is 37.3 Å². The summed E-state index contributed by atoms with van der Waals surface area (Å²) in [6.07, 6.45) is 11.8. The van der Waals surface area contributed by atoms with E-state index < -0.39 is 0 Å². The van der Waals surface area contributed by atoms with Crippen LogP contribution in [0.25, 0.3) is 0 Å². The third-order valence-corrected chi connectivity index (χ3v) is 4.54. The Labute approximate surface area is 98.4 Å². The number of ketones is 1. The maximum atomic E-state index is 12.1. The summed E-state index contributed by atoms with van der Waals surface area (Å²) < 4.78 is 0. The fraction of sp³-hybridized carbons (Fsp3) is 0.929. The molecule has 0 saturated heterocycles. The monoisotopic (exact) mass is 224 g/mol. The van der Waals surface area contributed by atoms with E-state index in [4.69, 9.17) is 0 Å². The first kappa shape index (κ1) is 12.1. The van der Waals surface area contributed by atoms with Gasteiger partial charge in [-0.25, -0.2) is 0 Å². The van der Waals surface area contributed by atoms with Crippen LogP contribution in [-0.2, 0) is 4.79 Å². The smallest absolute Gasteiger partial charge is 0.144 e. The summed E-state index contributed by atoms with van der Waals surface area (Å²) >= 11 is 0. The lowest BCUT2D eigenvalue weighted by molar-refractivity contribution is -0.151. The molecule has 2 heteroatoms. The van der Waals surface area contributed by atoms with Gasteiger partial charge in [0.1, 0.15) is 5.78 Å². The first-order valence-electron chi connectivity index (χ1n) is 6.94. The second kappa shape index (κ2) is 5.31. The molecule has 0 aromatic heterocycles. The molecule has 0 spiro atoms. The molecule has 0 aromatic carbocycles. The van der Waals surface area contributed by atoms with Gasteiger partial charge in [0.25, 0.3) is 0 Å². The Kier molecular flexibility index (Phi) is 4.01. The maximum absolute atomic E-state index is 12.1. The van der Waals surface area contributed by atoms with Gasteiger partial charge >= 0.3 is 0 Å². The van der Waals surface area contributed by atoms with Gasteiger partial charge < -0.3 is 5.11 Å². The van der Waals surface area contributed by atoms with E-state index in [9.17, 15) is 9.90 Å². The minimum absolute atomic E-state index is 0.0856. The SMILES string of the molecule is O=C1[C@H]2CCCCCCCCCC1(CO)C2. The number of Topliss-reactive ketones (excluding diaryl/α,β-unsaturated/α-hetero) is 1. The molecule has 16 heavy (non-hydrogen) atoms. The Morgan fingerprint density at radius 1 is 1.06 bits per heavy atom. The van der Waals surface area contributed by atoms with Crippen molar-refractivity contribution in [2.45, 2.75) is 64.2 Å². The summed E-state index contributed by atoms with van der Waals surface area (Å²) in [7, 11) is 0. The minimum Gasteiger partial charge on any atom is -0.395 e. The van der Waals surface area contributed by atoms with Crippen LogP contribution in [0.15, 0.2) is 0 Å². The standard InChI is InChI=1S/C14H24O2/c15-11-14-9-7-5-3-1-2-4-6-8-12(10-14)13(14)16/h12,15H,1-11H2/t12-,14?/m0/s1. The average Bonchev–Trinajstić information content (AvgIpc) is 2.29. The Balaban J connectivity index is 1.93. The van der Waals surface area contributed by atoms with Crippen LogP contribution in [0, 0.1) is 11.3 Å². The van der Waals surface area contributed by atoms with Gasteiger partial charge in [0.15, 0.2) is 0 Å². The Bertz CT molecular complexity index is 245. The van der Waals surface area contributed by atoms with Crippen molar-refractivity contribution in [1.29, 1.82) is 0 Å². The van der Waals surface area contributed by atoms with Crippen LogP contribution in [0.4, 0.5) is 0 Å². The zero-order valence-corrected chi connectivity index (χ0v) is 10.2. The summed E-state index contributed by atoms with van der Waals surface area (Å²) in [6, 6.07) is 0. The highest BCUT2D eigenvalue weighted by atomic mass is 16.3. The molecule has 3 saturated carbocycles. The number of hydrogen-bond donors (Lipinski definition) is 1. The first-order valence-corrected chi connectivity index (χ1v) is 6.94. The molecule has 2 nitrogen and oxygen atoms in total. The Morgan fingerprint density at radius 2 is 1.69 bits per heavy atom. The summed E-state index contributed by atoms with van der Waals surface area (Å²) in [5, 5.41) is 9.44. The molecular weight excluding hydrogens is 200 g/mol. The van der Waals surface area contributed by atoms with E-state index in [0.29, 0.717) is 5.78 Å². The number of hydrogen-bond acceptors (Lipinski definition) is 2. The molecule has 3 aliphatic rings. The fourth-order valence-corrected chi connectivity index (χ4v) is 3.38. The molecule has 0 heterocycles. The van der Waals surface area contributed by atoms with E-state index in [1.165, 1.54) is 38.5 Å². The van der Waals surface area contributed by atoms with Crippen molar-refractivity contribution in [1.82, 2.24) is 0 Å². The van der Waals surface area contributed by atoms with E-state index in [1.54, 1.807) is 0 Å². The van der Waals surface area contributed by atoms with Crippen molar-refractivity contribution in [2.75, 3.05) is 6.61 Å². The van der Waals surface area contributed by atoms with Gasteiger partial charge in [-0.1, -0.05) is 44.9 Å². The number of fused-ring (bicyclic) bond motifs is 8. The van der Waals surface area contributed by atoms with Crippen LogP contribution in [0.1, 0.15) is 64.2 Å². The molecule has 1 N–H and O–H groups in total. The fourth-order valence-electron chi connectivity index (χ4n) is 3.38. The zero-order valence-electron chi connectivity index (χ0n) is 10.2. The van der Waals surface area contributed by atoms with Crippen molar-refractivity contribution >= 4 is 5.78 Å². The molecule has 92 valence electrons. The lowest BCUT2D eigenvalue weighted by atomic mass is 9.57. The highest BCUT2D eigenvalue weighted by molar-refractivity contribution is 5.93. The van der Waals surface area contributed by atoms with Crippen molar-refractivity contribution in [3.05, 3.63) is 0 Å². The van der Waals surface area contributed by atoms with Gasteiger partial charge in [0.2, 0.25) is 0 Å². The summed E-state index contributed by atoms with van der Waals surface area (Å²) in [5.74, 6) is 0.655. The molecule has 3 rings (SSSR count). The molecule has 2 atom stereocenters. The molecule has 3 aliphatic carbocycles. The van der Waals surface area contributed by atoms with E-state index in [2.05, 4.69) is 0 Å². The lowest BCUT2D eigenvalue weighted by Crippen LogP contribution is -2.51. The van der Waals surface area contributed by atoms with E-state index in [0.717, 1.165) is 25.7 Å². The molecular formula is C14H24O2. The van der Waals surface area contributed by atoms with E-state index in [1.807, 2.05) is 0 Å². The number of rotatable bonds is 1. The molecule has 2 bridgehead atoms. The van der Waals surface area contributed by atoms with Crippen LogP contribution in [0.2, 0.25) is 0 Å². The van der Waals surface area contributed by atoms with Gasteiger partial charge in [-0.15, -0.1) is 0 Å². The highest BCUT2D eigenvalue weighted by Crippen LogP contribution is 2.47. The van der Waals surface area contributed by atoms with E-state index in [-0.39, 0.29) is 17.9 Å². The highest BCUT2D eigenvalue weighted by Gasteiger charge is 2.51.